The Kier molecular flexibility index (Phi) is 3.01. The van der Waals surface area contributed by atoms with Gasteiger partial charge in [-0.05, 0) is 0 Å². The number of nitrogens with zero attached hydrogens (tertiary/aromatic N) is 3. The number of rotatable bonds is 3. The molecule has 0 aromatic carbocycles. The minimum absolute atomic E-state index is 0.159. The van der Waals surface area contributed by atoms with E-state index in [2.05, 4.69) is 21.9 Å². The van der Waals surface area contributed by atoms with Gasteiger partial charge in [0.25, 0.3) is 0 Å². The molecular formula is C10H10FN3S. The SMILES string of the molecule is FC1C=CC=CC1Cn1ccc(N=S)n1. The highest BCUT2D eigenvalue weighted by Crippen LogP contribution is 2.18. The lowest BCUT2D eigenvalue weighted by Crippen LogP contribution is -2.19. The Morgan fingerprint density at radius 3 is 2.93 bits per heavy atom. The van der Waals surface area contributed by atoms with E-state index in [9.17, 15) is 4.39 Å². The number of hydrogen-bond donors (Lipinski definition) is 0. The van der Waals surface area contributed by atoms with Crippen molar-refractivity contribution >= 4 is 18.2 Å². The Balaban J connectivity index is 2.05. The van der Waals surface area contributed by atoms with Crippen LogP contribution in [0.5, 0.6) is 0 Å². The summed E-state index contributed by atoms with van der Waals surface area (Å²) >= 11 is 4.51. The van der Waals surface area contributed by atoms with Gasteiger partial charge in [-0.1, -0.05) is 24.3 Å². The van der Waals surface area contributed by atoms with Crippen LogP contribution in [-0.4, -0.2) is 16.0 Å². The van der Waals surface area contributed by atoms with E-state index in [0.29, 0.717) is 12.4 Å². The lowest BCUT2D eigenvalue weighted by atomic mass is 9.99. The molecule has 1 aliphatic rings. The highest BCUT2D eigenvalue weighted by molar-refractivity contribution is 7.47. The topological polar surface area (TPSA) is 30.2 Å². The smallest absolute Gasteiger partial charge is 0.187 e. The molecule has 0 amide bonds. The standard InChI is InChI=1S/C10H10FN3S/c11-9-4-2-1-3-8(9)7-14-6-5-10(12-14)13-15/h1-6,8-9H,7H2. The Labute approximate surface area is 92.5 Å². The molecule has 1 aromatic rings. The summed E-state index contributed by atoms with van der Waals surface area (Å²) in [6.07, 6.45) is 7.77. The second kappa shape index (κ2) is 4.44. The number of halogens is 1. The quantitative estimate of drug-likeness (QED) is 0.787. The first-order chi connectivity index (χ1) is 7.29. The van der Waals surface area contributed by atoms with Gasteiger partial charge in [-0.3, -0.25) is 4.68 Å². The third-order valence-corrected chi connectivity index (χ3v) is 2.48. The van der Waals surface area contributed by atoms with Crippen LogP contribution in [0.1, 0.15) is 0 Å². The largest absolute Gasteiger partial charge is 0.270 e. The summed E-state index contributed by atoms with van der Waals surface area (Å²) in [6, 6.07) is 1.71. The molecule has 0 radical (unpaired) electrons. The molecule has 0 saturated heterocycles. The van der Waals surface area contributed by atoms with Crippen molar-refractivity contribution in [1.82, 2.24) is 9.78 Å². The van der Waals surface area contributed by atoms with Gasteiger partial charge < -0.3 is 0 Å². The minimum atomic E-state index is -0.942. The molecule has 1 aliphatic carbocycles. The van der Waals surface area contributed by atoms with Gasteiger partial charge in [0.2, 0.25) is 0 Å². The first-order valence-corrected chi connectivity index (χ1v) is 5.02. The highest BCUT2D eigenvalue weighted by atomic mass is 32.1. The fourth-order valence-corrected chi connectivity index (χ4v) is 1.60. The molecule has 78 valence electrons. The molecular weight excluding hydrogens is 213 g/mol. The van der Waals surface area contributed by atoms with Crippen molar-refractivity contribution in [3.63, 3.8) is 0 Å². The second-order valence-corrected chi connectivity index (χ2v) is 3.55. The number of aromatic nitrogens is 2. The van der Waals surface area contributed by atoms with Gasteiger partial charge in [0, 0.05) is 30.6 Å². The Hall–Kier alpha value is -1.36. The van der Waals surface area contributed by atoms with Crippen LogP contribution in [0.3, 0.4) is 0 Å². The molecule has 3 nitrogen and oxygen atoms in total. The molecule has 1 aromatic heterocycles. The monoisotopic (exact) mass is 223 g/mol. The average molecular weight is 223 g/mol. The average Bonchev–Trinajstić information content (AvgIpc) is 2.69. The molecule has 0 aliphatic heterocycles. The predicted molar refractivity (Wildman–Crippen MR) is 58.3 cm³/mol. The summed E-state index contributed by atoms with van der Waals surface area (Å²) in [7, 11) is 0. The number of hydrogen-bond acceptors (Lipinski definition) is 3. The van der Waals surface area contributed by atoms with Gasteiger partial charge in [-0.25, -0.2) is 4.39 Å². The summed E-state index contributed by atoms with van der Waals surface area (Å²) in [5, 5.41) is 4.08. The fourth-order valence-electron chi connectivity index (χ4n) is 1.50. The van der Waals surface area contributed by atoms with Gasteiger partial charge in [-0.15, -0.1) is 0 Å². The maximum Gasteiger partial charge on any atom is 0.187 e. The molecule has 0 N–H and O–H groups in total. The van der Waals surface area contributed by atoms with E-state index in [-0.39, 0.29) is 5.92 Å². The van der Waals surface area contributed by atoms with Crippen molar-refractivity contribution in [2.45, 2.75) is 12.7 Å². The van der Waals surface area contributed by atoms with E-state index >= 15 is 0 Å². The minimum Gasteiger partial charge on any atom is -0.270 e. The van der Waals surface area contributed by atoms with Crippen molar-refractivity contribution in [3.05, 3.63) is 36.6 Å². The Morgan fingerprint density at radius 1 is 1.47 bits per heavy atom. The van der Waals surface area contributed by atoms with Crippen LogP contribution in [-0.2, 0) is 19.0 Å². The highest BCUT2D eigenvalue weighted by Gasteiger charge is 2.18. The predicted octanol–water partition coefficient (Wildman–Crippen LogP) is 2.33. The summed E-state index contributed by atoms with van der Waals surface area (Å²) in [6.45, 7) is 0.507. The van der Waals surface area contributed by atoms with Gasteiger partial charge in [0.15, 0.2) is 5.82 Å². The first kappa shape index (κ1) is 10.2. The molecule has 0 spiro atoms. The first-order valence-electron chi connectivity index (χ1n) is 4.65. The van der Waals surface area contributed by atoms with Gasteiger partial charge >= 0.3 is 0 Å². The fraction of sp³-hybridized carbons (Fsp3) is 0.300. The summed E-state index contributed by atoms with van der Waals surface area (Å²) in [4.78, 5) is 0. The van der Waals surface area contributed by atoms with Gasteiger partial charge in [0.1, 0.15) is 6.17 Å². The third kappa shape index (κ3) is 2.36. The molecule has 0 saturated carbocycles. The zero-order valence-electron chi connectivity index (χ0n) is 7.95. The van der Waals surface area contributed by atoms with Crippen LogP contribution >= 0.6 is 0 Å². The Bertz CT molecular complexity index is 411. The van der Waals surface area contributed by atoms with Crippen molar-refractivity contribution in [3.8, 4) is 0 Å². The van der Waals surface area contributed by atoms with Crippen molar-refractivity contribution in [1.29, 1.82) is 0 Å². The van der Waals surface area contributed by atoms with E-state index in [1.54, 1.807) is 29.1 Å². The third-order valence-electron chi connectivity index (χ3n) is 2.29. The van der Waals surface area contributed by atoms with Crippen LogP contribution in [0, 0.1) is 5.92 Å². The molecule has 0 bridgehead atoms. The van der Waals surface area contributed by atoms with E-state index < -0.39 is 6.17 Å². The van der Waals surface area contributed by atoms with Gasteiger partial charge in [-0.2, -0.15) is 9.46 Å². The van der Waals surface area contributed by atoms with Crippen LogP contribution in [0.4, 0.5) is 10.2 Å². The molecule has 1 heterocycles. The van der Waals surface area contributed by atoms with E-state index in [1.807, 2.05) is 12.2 Å². The summed E-state index contributed by atoms with van der Waals surface area (Å²) in [5.74, 6) is 0.337. The maximum atomic E-state index is 13.4. The van der Waals surface area contributed by atoms with Crippen molar-refractivity contribution in [2.24, 2.45) is 10.3 Å². The van der Waals surface area contributed by atoms with Crippen molar-refractivity contribution in [2.75, 3.05) is 0 Å². The molecule has 0 fully saturated rings. The lowest BCUT2D eigenvalue weighted by molar-refractivity contribution is 0.287. The molecule has 5 heteroatoms. The zero-order valence-corrected chi connectivity index (χ0v) is 8.77. The van der Waals surface area contributed by atoms with E-state index in [0.717, 1.165) is 0 Å². The van der Waals surface area contributed by atoms with Crippen LogP contribution in [0.2, 0.25) is 0 Å². The van der Waals surface area contributed by atoms with E-state index in [1.165, 1.54) is 0 Å². The summed E-state index contributed by atoms with van der Waals surface area (Å²) < 4.78 is 18.6. The molecule has 2 rings (SSSR count). The second-order valence-electron chi connectivity index (χ2n) is 3.37. The summed E-state index contributed by atoms with van der Waals surface area (Å²) in [5.41, 5.74) is 0. The molecule has 2 unspecified atom stereocenters. The van der Waals surface area contributed by atoms with Crippen molar-refractivity contribution < 1.29 is 4.39 Å². The molecule has 15 heavy (non-hydrogen) atoms. The van der Waals surface area contributed by atoms with Crippen LogP contribution < -0.4 is 0 Å². The molecule has 2 atom stereocenters. The Morgan fingerprint density at radius 2 is 2.27 bits per heavy atom. The number of allylic oxidation sites excluding steroid dienone is 4. The van der Waals surface area contributed by atoms with E-state index in [4.69, 9.17) is 0 Å². The number of alkyl halides is 1. The normalized spacial score (nSPS) is 24.3. The van der Waals surface area contributed by atoms with Crippen LogP contribution in [0.15, 0.2) is 40.9 Å². The maximum absolute atomic E-state index is 13.4. The van der Waals surface area contributed by atoms with Gasteiger partial charge in [0.05, 0.1) is 6.54 Å². The lowest BCUT2D eigenvalue weighted by Gasteiger charge is -2.16. The van der Waals surface area contributed by atoms with Crippen LogP contribution in [0.25, 0.3) is 0 Å². The zero-order chi connectivity index (χ0) is 10.7.